The number of fused-ring (bicyclic) bond motifs is 1. The summed E-state index contributed by atoms with van der Waals surface area (Å²) in [5.74, 6) is 0.736. The molecule has 5 nitrogen and oxygen atoms in total. The molecule has 3 rings (SSSR count). The van der Waals surface area contributed by atoms with Gasteiger partial charge < -0.3 is 10.1 Å². The second kappa shape index (κ2) is 6.12. The van der Waals surface area contributed by atoms with E-state index in [1.54, 1.807) is 20.2 Å². The lowest BCUT2D eigenvalue weighted by Gasteiger charge is -2.07. The number of benzene rings is 2. The maximum Gasteiger partial charge on any atom is 0.251 e. The van der Waals surface area contributed by atoms with Gasteiger partial charge in [-0.05, 0) is 36.8 Å². The molecule has 3 aromatic rings. The number of carbonyl (C=O) groups is 1. The summed E-state index contributed by atoms with van der Waals surface area (Å²) >= 11 is 0. The molecular weight excluding hydrogens is 290 g/mol. The van der Waals surface area contributed by atoms with Crippen molar-refractivity contribution in [3.8, 4) is 5.75 Å². The van der Waals surface area contributed by atoms with E-state index in [2.05, 4.69) is 10.4 Å². The van der Waals surface area contributed by atoms with Crippen molar-refractivity contribution in [3.63, 3.8) is 0 Å². The third kappa shape index (κ3) is 2.77. The molecule has 1 heterocycles. The van der Waals surface area contributed by atoms with Crippen molar-refractivity contribution in [2.45, 2.75) is 13.5 Å². The fourth-order valence-corrected chi connectivity index (χ4v) is 2.80. The number of rotatable bonds is 4. The predicted octanol–water partition coefficient (Wildman–Crippen LogP) is 2.76. The van der Waals surface area contributed by atoms with Gasteiger partial charge in [-0.2, -0.15) is 5.10 Å². The standard InChI is InChI=1S/C18H19N3O2/c1-12-17-15(8-5-9-16(17)23-3)21(20-12)11-13-6-4-7-14(10-13)18(22)19-2/h4-10H,11H2,1-3H3,(H,19,22). The van der Waals surface area contributed by atoms with Gasteiger partial charge in [0.25, 0.3) is 5.91 Å². The van der Waals surface area contributed by atoms with Crippen molar-refractivity contribution in [3.05, 3.63) is 59.3 Å². The van der Waals surface area contributed by atoms with Crippen LogP contribution in [0.25, 0.3) is 10.9 Å². The van der Waals surface area contributed by atoms with Crippen molar-refractivity contribution in [2.75, 3.05) is 14.2 Å². The lowest BCUT2D eigenvalue weighted by molar-refractivity contribution is 0.0963. The van der Waals surface area contributed by atoms with E-state index in [0.29, 0.717) is 12.1 Å². The number of nitrogens with zero attached hydrogens (tertiary/aromatic N) is 2. The first-order chi connectivity index (χ1) is 11.1. The molecule has 1 N–H and O–H groups in total. The molecule has 0 radical (unpaired) electrons. The molecule has 0 aliphatic heterocycles. The average molecular weight is 309 g/mol. The largest absolute Gasteiger partial charge is 0.496 e. The Bertz CT molecular complexity index is 868. The van der Waals surface area contributed by atoms with Gasteiger partial charge >= 0.3 is 0 Å². The highest BCUT2D eigenvalue weighted by molar-refractivity contribution is 5.94. The summed E-state index contributed by atoms with van der Waals surface area (Å²) in [6.07, 6.45) is 0. The number of ether oxygens (including phenoxy) is 1. The average Bonchev–Trinajstić information content (AvgIpc) is 2.90. The fourth-order valence-electron chi connectivity index (χ4n) is 2.80. The number of aryl methyl sites for hydroxylation is 1. The van der Waals surface area contributed by atoms with Gasteiger partial charge in [0.05, 0.1) is 30.3 Å². The van der Waals surface area contributed by atoms with Crippen molar-refractivity contribution in [1.82, 2.24) is 15.1 Å². The van der Waals surface area contributed by atoms with Crippen LogP contribution >= 0.6 is 0 Å². The van der Waals surface area contributed by atoms with Crippen LogP contribution in [0.5, 0.6) is 5.75 Å². The Morgan fingerprint density at radius 2 is 2.04 bits per heavy atom. The number of hydrogen-bond donors (Lipinski definition) is 1. The maximum absolute atomic E-state index is 11.8. The minimum absolute atomic E-state index is 0.0879. The van der Waals surface area contributed by atoms with Gasteiger partial charge in [0.1, 0.15) is 5.75 Å². The van der Waals surface area contributed by atoms with Crippen molar-refractivity contribution in [2.24, 2.45) is 0 Å². The molecule has 0 aliphatic carbocycles. The van der Waals surface area contributed by atoms with E-state index in [1.807, 2.05) is 48.0 Å². The van der Waals surface area contributed by atoms with Crippen molar-refractivity contribution >= 4 is 16.8 Å². The Morgan fingerprint density at radius 3 is 2.78 bits per heavy atom. The van der Waals surface area contributed by atoms with Gasteiger partial charge in [0.15, 0.2) is 0 Å². The van der Waals surface area contributed by atoms with Gasteiger partial charge in [0, 0.05) is 12.6 Å². The fraction of sp³-hybridized carbons (Fsp3) is 0.222. The number of methoxy groups -OCH3 is 1. The highest BCUT2D eigenvalue weighted by Crippen LogP contribution is 2.28. The zero-order chi connectivity index (χ0) is 16.4. The maximum atomic E-state index is 11.8. The number of carbonyl (C=O) groups excluding carboxylic acids is 1. The van der Waals surface area contributed by atoms with E-state index >= 15 is 0 Å². The van der Waals surface area contributed by atoms with Crippen LogP contribution < -0.4 is 10.1 Å². The molecule has 0 unspecified atom stereocenters. The molecule has 0 fully saturated rings. The van der Waals surface area contributed by atoms with E-state index in [1.165, 1.54) is 0 Å². The van der Waals surface area contributed by atoms with Crippen LogP contribution in [0.2, 0.25) is 0 Å². The quantitative estimate of drug-likeness (QED) is 0.806. The highest BCUT2D eigenvalue weighted by Gasteiger charge is 2.12. The molecule has 1 aromatic heterocycles. The Labute approximate surface area is 134 Å². The van der Waals surface area contributed by atoms with Crippen LogP contribution in [0.15, 0.2) is 42.5 Å². The van der Waals surface area contributed by atoms with E-state index in [9.17, 15) is 4.79 Å². The van der Waals surface area contributed by atoms with Crippen molar-refractivity contribution in [1.29, 1.82) is 0 Å². The molecule has 0 saturated carbocycles. The van der Waals surface area contributed by atoms with E-state index < -0.39 is 0 Å². The van der Waals surface area contributed by atoms with Crippen LogP contribution in [-0.4, -0.2) is 29.8 Å². The summed E-state index contributed by atoms with van der Waals surface area (Å²) in [4.78, 5) is 11.8. The summed E-state index contributed by atoms with van der Waals surface area (Å²) in [5, 5.41) is 8.29. The molecular formula is C18H19N3O2. The second-order valence-electron chi connectivity index (χ2n) is 5.38. The minimum atomic E-state index is -0.0879. The summed E-state index contributed by atoms with van der Waals surface area (Å²) in [7, 11) is 3.30. The second-order valence-corrected chi connectivity index (χ2v) is 5.38. The summed E-state index contributed by atoms with van der Waals surface area (Å²) in [5.41, 5.74) is 3.63. The van der Waals surface area contributed by atoms with Crippen LogP contribution in [0.4, 0.5) is 0 Å². The predicted molar refractivity (Wildman–Crippen MR) is 90.0 cm³/mol. The van der Waals surface area contributed by atoms with Crippen LogP contribution in [0.1, 0.15) is 21.6 Å². The highest BCUT2D eigenvalue weighted by atomic mass is 16.5. The van der Waals surface area contributed by atoms with Gasteiger partial charge in [-0.15, -0.1) is 0 Å². The molecule has 1 amide bonds. The smallest absolute Gasteiger partial charge is 0.251 e. The van der Waals surface area contributed by atoms with Crippen molar-refractivity contribution < 1.29 is 9.53 Å². The van der Waals surface area contributed by atoms with Gasteiger partial charge in [-0.3, -0.25) is 9.48 Å². The molecule has 118 valence electrons. The zero-order valence-electron chi connectivity index (χ0n) is 13.5. The Balaban J connectivity index is 2.01. The molecule has 0 spiro atoms. The normalized spacial score (nSPS) is 10.7. The number of aromatic nitrogens is 2. The van der Waals surface area contributed by atoms with E-state index in [-0.39, 0.29) is 5.91 Å². The van der Waals surface area contributed by atoms with E-state index in [0.717, 1.165) is 27.9 Å². The molecule has 0 bridgehead atoms. The van der Waals surface area contributed by atoms with Gasteiger partial charge in [0.2, 0.25) is 0 Å². The first kappa shape index (κ1) is 15.1. The Hall–Kier alpha value is -2.82. The molecule has 2 aromatic carbocycles. The first-order valence-corrected chi connectivity index (χ1v) is 7.45. The number of amides is 1. The first-order valence-electron chi connectivity index (χ1n) is 7.45. The Morgan fingerprint density at radius 1 is 1.26 bits per heavy atom. The third-order valence-electron chi connectivity index (χ3n) is 3.88. The number of nitrogens with one attached hydrogen (secondary N) is 1. The monoisotopic (exact) mass is 309 g/mol. The van der Waals surface area contributed by atoms with Crippen LogP contribution in [0, 0.1) is 6.92 Å². The number of hydrogen-bond acceptors (Lipinski definition) is 3. The summed E-state index contributed by atoms with van der Waals surface area (Å²) < 4.78 is 7.37. The summed E-state index contributed by atoms with van der Waals surface area (Å²) in [6.45, 7) is 2.57. The molecule has 5 heteroatoms. The molecule has 0 aliphatic rings. The van der Waals surface area contributed by atoms with E-state index in [4.69, 9.17) is 4.74 Å². The molecule has 0 atom stereocenters. The van der Waals surface area contributed by atoms with Crippen LogP contribution in [-0.2, 0) is 6.54 Å². The third-order valence-corrected chi connectivity index (χ3v) is 3.88. The minimum Gasteiger partial charge on any atom is -0.496 e. The lowest BCUT2D eigenvalue weighted by Crippen LogP contribution is -2.18. The molecule has 23 heavy (non-hydrogen) atoms. The lowest BCUT2D eigenvalue weighted by atomic mass is 10.1. The topological polar surface area (TPSA) is 56.2 Å². The molecule has 0 saturated heterocycles. The zero-order valence-corrected chi connectivity index (χ0v) is 13.5. The van der Waals surface area contributed by atoms with Crippen LogP contribution in [0.3, 0.4) is 0 Å². The van der Waals surface area contributed by atoms with Gasteiger partial charge in [-0.25, -0.2) is 0 Å². The summed E-state index contributed by atoms with van der Waals surface area (Å²) in [6, 6.07) is 13.5. The SMILES string of the molecule is CNC(=O)c1cccc(Cn2nc(C)c3c(OC)cccc32)c1. The van der Waals surface area contributed by atoms with Gasteiger partial charge in [-0.1, -0.05) is 18.2 Å². The Kier molecular flexibility index (Phi) is 4.02.